The quantitative estimate of drug-likeness (QED) is 0.795. The first-order chi connectivity index (χ1) is 15.5. The molecule has 5 rings (SSSR count). The Morgan fingerprint density at radius 3 is 2.62 bits per heavy atom. The van der Waals surface area contributed by atoms with Crippen molar-refractivity contribution in [2.45, 2.75) is 57.5 Å². The molecule has 3 aliphatic rings. The lowest BCUT2D eigenvalue weighted by atomic mass is 9.99. The number of benzene rings is 1. The third-order valence-electron chi connectivity index (χ3n) is 6.73. The van der Waals surface area contributed by atoms with E-state index in [0.717, 1.165) is 43.4 Å². The summed E-state index contributed by atoms with van der Waals surface area (Å²) in [4.78, 5) is 49.6. The summed E-state index contributed by atoms with van der Waals surface area (Å²) in [6.07, 6.45) is 5.22. The van der Waals surface area contributed by atoms with E-state index in [0.29, 0.717) is 37.4 Å². The number of hydrogen-bond donors (Lipinski definition) is 1. The van der Waals surface area contributed by atoms with Crippen LogP contribution in [0.1, 0.15) is 60.8 Å². The molecule has 0 bridgehead atoms. The summed E-state index contributed by atoms with van der Waals surface area (Å²) in [5, 5.41) is 0. The minimum atomic E-state index is -0.328. The van der Waals surface area contributed by atoms with Crippen LogP contribution in [0.4, 0.5) is 4.39 Å². The van der Waals surface area contributed by atoms with Gasteiger partial charge in [-0.1, -0.05) is 12.1 Å². The standard InChI is InChI=1S/C24H27FN4O3/c25-17-8-4-15(5-9-17)13-21(30)29-11-2-1-3-20(29)22-26-19-10-12-28(24(32)16-6-7-16)14-18(19)23(31)27-22/h4-5,8-9,16,20H,1-3,6-7,10-14H2,(H,26,27,31). The first-order valence-corrected chi connectivity index (χ1v) is 11.4. The van der Waals surface area contributed by atoms with Crippen molar-refractivity contribution in [1.82, 2.24) is 19.8 Å². The van der Waals surface area contributed by atoms with Gasteiger partial charge in [-0.25, -0.2) is 9.37 Å². The molecular weight excluding hydrogens is 411 g/mol. The maximum Gasteiger partial charge on any atom is 0.256 e. The number of halogens is 1. The number of carbonyl (C=O) groups excluding carboxylic acids is 2. The molecule has 0 radical (unpaired) electrons. The van der Waals surface area contributed by atoms with E-state index < -0.39 is 0 Å². The first-order valence-electron chi connectivity index (χ1n) is 11.4. The van der Waals surface area contributed by atoms with Crippen molar-refractivity contribution in [2.24, 2.45) is 5.92 Å². The van der Waals surface area contributed by atoms with Crippen molar-refractivity contribution < 1.29 is 14.0 Å². The second kappa shape index (κ2) is 8.48. The fourth-order valence-electron chi connectivity index (χ4n) is 4.77. The normalized spacial score (nSPS) is 20.7. The molecule has 7 nitrogen and oxygen atoms in total. The summed E-state index contributed by atoms with van der Waals surface area (Å²) in [6, 6.07) is 5.69. The van der Waals surface area contributed by atoms with Crippen LogP contribution in [0.25, 0.3) is 0 Å². The Hall–Kier alpha value is -3.03. The van der Waals surface area contributed by atoms with Crippen LogP contribution in [0.3, 0.4) is 0 Å². The smallest absolute Gasteiger partial charge is 0.256 e. The van der Waals surface area contributed by atoms with Gasteiger partial charge in [0.25, 0.3) is 5.56 Å². The molecule has 1 saturated heterocycles. The molecule has 1 unspecified atom stereocenters. The van der Waals surface area contributed by atoms with E-state index in [1.165, 1.54) is 12.1 Å². The highest BCUT2D eigenvalue weighted by atomic mass is 19.1. The average molecular weight is 439 g/mol. The Labute approximate surface area is 185 Å². The molecular formula is C24H27FN4O3. The monoisotopic (exact) mass is 438 g/mol. The molecule has 3 heterocycles. The fourth-order valence-corrected chi connectivity index (χ4v) is 4.77. The van der Waals surface area contributed by atoms with Gasteiger partial charge < -0.3 is 14.8 Å². The molecule has 168 valence electrons. The zero-order valence-electron chi connectivity index (χ0n) is 18.0. The van der Waals surface area contributed by atoms with Gasteiger partial charge in [-0.15, -0.1) is 0 Å². The van der Waals surface area contributed by atoms with Crippen molar-refractivity contribution in [3.63, 3.8) is 0 Å². The Kier molecular flexibility index (Phi) is 5.53. The van der Waals surface area contributed by atoms with Crippen LogP contribution in [-0.2, 0) is 29.0 Å². The van der Waals surface area contributed by atoms with E-state index in [1.807, 2.05) is 0 Å². The number of nitrogens with zero attached hydrogens (tertiary/aromatic N) is 3. The van der Waals surface area contributed by atoms with Gasteiger partial charge >= 0.3 is 0 Å². The number of likely N-dealkylation sites (tertiary alicyclic amines) is 1. The summed E-state index contributed by atoms with van der Waals surface area (Å²) in [6.45, 7) is 1.50. The highest BCUT2D eigenvalue weighted by molar-refractivity contribution is 5.81. The van der Waals surface area contributed by atoms with Crippen LogP contribution in [-0.4, -0.2) is 44.7 Å². The van der Waals surface area contributed by atoms with Crippen LogP contribution in [0.5, 0.6) is 0 Å². The number of nitrogens with one attached hydrogen (secondary N) is 1. The number of aromatic amines is 1. The van der Waals surface area contributed by atoms with Crippen LogP contribution in [0, 0.1) is 11.7 Å². The van der Waals surface area contributed by atoms with Crippen molar-refractivity contribution >= 4 is 11.8 Å². The summed E-state index contributed by atoms with van der Waals surface area (Å²) in [5.41, 5.74) is 1.84. The molecule has 1 N–H and O–H groups in total. The van der Waals surface area contributed by atoms with Gasteiger partial charge in [-0.3, -0.25) is 14.4 Å². The van der Waals surface area contributed by atoms with Gasteiger partial charge in [0.05, 0.1) is 30.3 Å². The molecule has 0 spiro atoms. The van der Waals surface area contributed by atoms with Gasteiger partial charge in [-0.05, 0) is 49.8 Å². The summed E-state index contributed by atoms with van der Waals surface area (Å²) in [7, 11) is 0. The van der Waals surface area contributed by atoms with Gasteiger partial charge in [0.2, 0.25) is 11.8 Å². The second-order valence-electron chi connectivity index (χ2n) is 9.06. The van der Waals surface area contributed by atoms with E-state index in [4.69, 9.17) is 4.98 Å². The van der Waals surface area contributed by atoms with E-state index in [2.05, 4.69) is 4.98 Å². The number of amides is 2. The van der Waals surface area contributed by atoms with Gasteiger partial charge in [0.15, 0.2) is 0 Å². The van der Waals surface area contributed by atoms with E-state index >= 15 is 0 Å². The largest absolute Gasteiger partial charge is 0.337 e. The SMILES string of the molecule is O=C(C1CC1)N1CCc2nc(C3CCCCN3C(=O)Cc3ccc(F)cc3)[nH]c(=O)c2C1. The number of fused-ring (bicyclic) bond motifs is 1. The number of aromatic nitrogens is 2. The Morgan fingerprint density at radius 1 is 1.09 bits per heavy atom. The minimum absolute atomic E-state index is 0.0529. The lowest BCUT2D eigenvalue weighted by Gasteiger charge is -2.36. The van der Waals surface area contributed by atoms with Crippen LogP contribution in [0.2, 0.25) is 0 Å². The molecule has 2 aromatic rings. The third-order valence-corrected chi connectivity index (χ3v) is 6.73. The number of piperidine rings is 1. The molecule has 2 amide bonds. The van der Waals surface area contributed by atoms with Crippen LogP contribution >= 0.6 is 0 Å². The highest BCUT2D eigenvalue weighted by Crippen LogP contribution is 2.33. The van der Waals surface area contributed by atoms with Gasteiger partial charge in [0, 0.05) is 25.4 Å². The van der Waals surface area contributed by atoms with Crippen molar-refractivity contribution in [3.8, 4) is 0 Å². The predicted octanol–water partition coefficient (Wildman–Crippen LogP) is 2.50. The predicted molar refractivity (Wildman–Crippen MR) is 115 cm³/mol. The highest BCUT2D eigenvalue weighted by Gasteiger charge is 2.36. The molecule has 1 aromatic carbocycles. The van der Waals surface area contributed by atoms with Crippen molar-refractivity contribution in [1.29, 1.82) is 0 Å². The van der Waals surface area contributed by atoms with Gasteiger partial charge in [-0.2, -0.15) is 0 Å². The molecule has 32 heavy (non-hydrogen) atoms. The number of H-pyrrole nitrogens is 1. The Morgan fingerprint density at radius 2 is 1.88 bits per heavy atom. The zero-order valence-corrected chi connectivity index (χ0v) is 18.0. The van der Waals surface area contributed by atoms with Crippen molar-refractivity contribution in [3.05, 3.63) is 63.1 Å². The molecule has 2 aliphatic heterocycles. The van der Waals surface area contributed by atoms with Crippen LogP contribution in [0.15, 0.2) is 29.1 Å². The lowest BCUT2D eigenvalue weighted by Crippen LogP contribution is -2.43. The molecule has 1 aromatic heterocycles. The molecule has 1 saturated carbocycles. The Balaban J connectivity index is 1.36. The first kappa shape index (κ1) is 20.8. The molecule has 8 heteroatoms. The molecule has 1 atom stereocenters. The summed E-state index contributed by atoms with van der Waals surface area (Å²) >= 11 is 0. The van der Waals surface area contributed by atoms with Gasteiger partial charge in [0.1, 0.15) is 11.6 Å². The number of carbonyl (C=O) groups is 2. The average Bonchev–Trinajstić information content (AvgIpc) is 3.65. The fraction of sp³-hybridized carbons (Fsp3) is 0.500. The Bertz CT molecular complexity index is 1090. The van der Waals surface area contributed by atoms with E-state index in [9.17, 15) is 18.8 Å². The van der Waals surface area contributed by atoms with Crippen LogP contribution < -0.4 is 5.56 Å². The summed E-state index contributed by atoms with van der Waals surface area (Å²) in [5.74, 6) is 0.422. The zero-order chi connectivity index (χ0) is 22.2. The molecule has 2 fully saturated rings. The minimum Gasteiger partial charge on any atom is -0.337 e. The van der Waals surface area contributed by atoms with E-state index in [-0.39, 0.29) is 41.6 Å². The second-order valence-corrected chi connectivity index (χ2v) is 9.06. The number of rotatable bonds is 4. The molecule has 1 aliphatic carbocycles. The lowest BCUT2D eigenvalue weighted by molar-refractivity contribution is -0.135. The summed E-state index contributed by atoms with van der Waals surface area (Å²) < 4.78 is 13.2. The maximum atomic E-state index is 13.2. The van der Waals surface area contributed by atoms with E-state index in [1.54, 1.807) is 21.9 Å². The number of hydrogen-bond acceptors (Lipinski definition) is 4. The maximum absolute atomic E-state index is 13.2. The van der Waals surface area contributed by atoms with Crippen molar-refractivity contribution in [2.75, 3.05) is 13.1 Å². The topological polar surface area (TPSA) is 86.4 Å². The third kappa shape index (κ3) is 4.18.